The van der Waals surface area contributed by atoms with Gasteiger partial charge in [-0.2, -0.15) is 0 Å². The van der Waals surface area contributed by atoms with Gasteiger partial charge in [-0.3, -0.25) is 0 Å². The van der Waals surface area contributed by atoms with Crippen molar-refractivity contribution in [2.24, 2.45) is 11.8 Å². The van der Waals surface area contributed by atoms with Crippen LogP contribution in [0.5, 0.6) is 0 Å². The van der Waals surface area contributed by atoms with Gasteiger partial charge in [0.2, 0.25) is 0 Å². The topological polar surface area (TPSA) is 9.23 Å². The second-order valence-corrected chi connectivity index (χ2v) is 13.7. The minimum atomic E-state index is 0.881. The summed E-state index contributed by atoms with van der Waals surface area (Å²) in [7, 11) is 0. The zero-order valence-electron chi connectivity index (χ0n) is 27.9. The highest BCUT2D eigenvalue weighted by Gasteiger charge is 2.15. The van der Waals surface area contributed by atoms with Gasteiger partial charge in [-0.05, 0) is 150 Å². The molecule has 2 atom stereocenters. The maximum Gasteiger partial charge on any atom is 0.0466 e. The van der Waals surface area contributed by atoms with Gasteiger partial charge in [0, 0.05) is 13.2 Å². The van der Waals surface area contributed by atoms with Gasteiger partial charge in [0.15, 0.2) is 0 Å². The van der Waals surface area contributed by atoms with E-state index in [1.54, 1.807) is 11.1 Å². The van der Waals surface area contributed by atoms with Crippen molar-refractivity contribution in [1.29, 1.82) is 0 Å². The van der Waals surface area contributed by atoms with Gasteiger partial charge in [-0.25, -0.2) is 0 Å². The molecule has 0 fully saturated rings. The van der Waals surface area contributed by atoms with Crippen LogP contribution in [0.3, 0.4) is 0 Å². The number of ether oxygens (including phenoxy) is 1. The van der Waals surface area contributed by atoms with Crippen LogP contribution < -0.4 is 0 Å². The first-order valence-corrected chi connectivity index (χ1v) is 18.3. The summed E-state index contributed by atoms with van der Waals surface area (Å²) in [6, 6.07) is 18.8. The zero-order chi connectivity index (χ0) is 30.0. The number of unbranched alkanes of at least 4 members (excludes halogenated alkanes) is 2. The van der Waals surface area contributed by atoms with Crippen molar-refractivity contribution in [2.75, 3.05) is 13.2 Å². The van der Waals surface area contributed by atoms with E-state index in [4.69, 9.17) is 4.74 Å². The maximum atomic E-state index is 6.00. The van der Waals surface area contributed by atoms with Crippen molar-refractivity contribution in [3.8, 4) is 0 Å². The van der Waals surface area contributed by atoms with Crippen LogP contribution in [0.4, 0.5) is 0 Å². The number of benzene rings is 2. The lowest BCUT2D eigenvalue weighted by molar-refractivity contribution is 0.126. The molecule has 0 aliphatic heterocycles. The minimum Gasteiger partial charge on any atom is -0.381 e. The van der Waals surface area contributed by atoms with Crippen molar-refractivity contribution in [3.63, 3.8) is 0 Å². The summed E-state index contributed by atoms with van der Waals surface area (Å²) in [6.07, 6.45) is 30.8. The van der Waals surface area contributed by atoms with Gasteiger partial charge >= 0.3 is 0 Å². The van der Waals surface area contributed by atoms with Crippen molar-refractivity contribution in [1.82, 2.24) is 0 Å². The van der Waals surface area contributed by atoms with Crippen LogP contribution in [0, 0.1) is 11.8 Å². The molecule has 1 nitrogen and oxygen atoms in total. The quantitative estimate of drug-likeness (QED) is 0.111. The summed E-state index contributed by atoms with van der Waals surface area (Å²) in [5.74, 6) is 1.76. The van der Waals surface area contributed by atoms with Gasteiger partial charge in [0.05, 0.1) is 0 Å². The molecule has 0 amide bonds. The van der Waals surface area contributed by atoms with E-state index in [1.807, 2.05) is 0 Å². The van der Waals surface area contributed by atoms with E-state index in [1.165, 1.54) is 151 Å². The zero-order valence-corrected chi connectivity index (χ0v) is 27.9. The van der Waals surface area contributed by atoms with Crippen molar-refractivity contribution >= 4 is 0 Å². The molecule has 0 radical (unpaired) electrons. The number of allylic oxidation sites excluding steroid dienone is 4. The van der Waals surface area contributed by atoms with Crippen molar-refractivity contribution in [2.45, 2.75) is 142 Å². The van der Waals surface area contributed by atoms with Gasteiger partial charge < -0.3 is 4.74 Å². The molecule has 4 rings (SSSR count). The molecule has 0 aromatic heterocycles. The highest BCUT2D eigenvalue weighted by Crippen LogP contribution is 2.31. The second kappa shape index (κ2) is 20.0. The number of hydrogen-bond acceptors (Lipinski definition) is 1. The summed E-state index contributed by atoms with van der Waals surface area (Å²) in [4.78, 5) is 0. The Labute approximate surface area is 265 Å². The molecule has 0 heterocycles. The molecule has 236 valence electrons. The second-order valence-electron chi connectivity index (χ2n) is 13.7. The van der Waals surface area contributed by atoms with E-state index < -0.39 is 0 Å². The molecule has 2 unspecified atom stereocenters. The summed E-state index contributed by atoms with van der Waals surface area (Å²) in [6.45, 7) is 6.40. The predicted octanol–water partition coefficient (Wildman–Crippen LogP) is 12.0. The van der Waals surface area contributed by atoms with Crippen LogP contribution in [-0.2, 0) is 30.4 Å². The molecule has 43 heavy (non-hydrogen) atoms. The highest BCUT2D eigenvalue weighted by atomic mass is 16.5. The van der Waals surface area contributed by atoms with Crippen molar-refractivity contribution < 1.29 is 4.74 Å². The van der Waals surface area contributed by atoms with Crippen LogP contribution in [0.1, 0.15) is 139 Å². The molecule has 0 saturated heterocycles. The molecule has 2 aromatic rings. The number of aryl methyl sites for hydroxylation is 4. The Bertz CT molecular complexity index is 985. The average Bonchev–Trinajstić information content (AvgIpc) is 3.05. The van der Waals surface area contributed by atoms with Gasteiger partial charge in [0.25, 0.3) is 0 Å². The summed E-state index contributed by atoms with van der Waals surface area (Å²) < 4.78 is 6.00. The minimum absolute atomic E-state index is 0.881. The highest BCUT2D eigenvalue weighted by molar-refractivity contribution is 5.24. The molecule has 0 spiro atoms. The summed E-state index contributed by atoms with van der Waals surface area (Å²) in [5, 5.41) is 0. The lowest BCUT2D eigenvalue weighted by atomic mass is 9.84. The molecule has 0 bridgehead atoms. The Hall–Kier alpha value is -2.12. The fourth-order valence-corrected chi connectivity index (χ4v) is 7.14. The van der Waals surface area contributed by atoms with E-state index in [0.717, 1.165) is 25.0 Å². The van der Waals surface area contributed by atoms with Crippen LogP contribution in [-0.4, -0.2) is 13.2 Å². The number of rotatable bonds is 20. The third kappa shape index (κ3) is 13.2. The van der Waals surface area contributed by atoms with Crippen LogP contribution >= 0.6 is 0 Å². The average molecular weight is 583 g/mol. The molecular weight excluding hydrogens is 520 g/mol. The smallest absolute Gasteiger partial charge is 0.0466 e. The first-order valence-electron chi connectivity index (χ1n) is 18.3. The monoisotopic (exact) mass is 582 g/mol. The third-order valence-corrected chi connectivity index (χ3v) is 10.1. The Balaban J connectivity index is 0.953. The molecular formula is C42H62O. The molecule has 1 heteroatoms. The van der Waals surface area contributed by atoms with Gasteiger partial charge in [-0.1, -0.05) is 98.5 Å². The Morgan fingerprint density at radius 1 is 0.512 bits per heavy atom. The van der Waals surface area contributed by atoms with Crippen molar-refractivity contribution in [3.05, 3.63) is 94.1 Å². The molecule has 2 aromatic carbocycles. The normalized spacial score (nSPS) is 18.8. The van der Waals surface area contributed by atoms with E-state index in [0.29, 0.717) is 0 Å². The summed E-state index contributed by atoms with van der Waals surface area (Å²) in [5.41, 5.74) is 9.43. The van der Waals surface area contributed by atoms with E-state index in [2.05, 4.69) is 74.5 Å². The van der Waals surface area contributed by atoms with E-state index >= 15 is 0 Å². The standard InChI is InChI=1S/C42H62O/c1-3-9-35-13-21-39(22-14-35)29-31-41-25-17-37(18-26-41)11-5-7-33-43-34-8-6-12-38-19-27-42(28-20-38)32-30-40-23-15-36(10-4-2)16-24-40/h13-17,19,21-24,41-42H,3-12,18,20,25-34H2,1-2H3. The molecule has 0 N–H and O–H groups in total. The SMILES string of the molecule is CCCc1ccc(CCC2CC=C(CCCCOCCCCC3=CCC(CCc4ccc(CCC)cc4)CC3)CC2)cc1. The largest absolute Gasteiger partial charge is 0.381 e. The van der Waals surface area contributed by atoms with Gasteiger partial charge in [0.1, 0.15) is 0 Å². The molecule has 0 saturated carbocycles. The maximum absolute atomic E-state index is 6.00. The Morgan fingerprint density at radius 2 is 0.907 bits per heavy atom. The third-order valence-electron chi connectivity index (χ3n) is 10.1. The summed E-state index contributed by atoms with van der Waals surface area (Å²) >= 11 is 0. The Morgan fingerprint density at radius 3 is 1.26 bits per heavy atom. The van der Waals surface area contributed by atoms with Crippen LogP contribution in [0.15, 0.2) is 71.8 Å². The van der Waals surface area contributed by atoms with Gasteiger partial charge in [-0.15, -0.1) is 0 Å². The number of hydrogen-bond donors (Lipinski definition) is 0. The predicted molar refractivity (Wildman–Crippen MR) is 187 cm³/mol. The fourth-order valence-electron chi connectivity index (χ4n) is 7.14. The van der Waals surface area contributed by atoms with Crippen LogP contribution in [0.2, 0.25) is 0 Å². The van der Waals surface area contributed by atoms with E-state index in [-0.39, 0.29) is 0 Å². The first-order chi connectivity index (χ1) is 21.2. The fraction of sp³-hybridized carbons (Fsp3) is 0.619. The van der Waals surface area contributed by atoms with Crippen LogP contribution in [0.25, 0.3) is 0 Å². The molecule has 2 aliphatic rings. The molecule has 2 aliphatic carbocycles. The lowest BCUT2D eigenvalue weighted by Gasteiger charge is -2.22. The van der Waals surface area contributed by atoms with E-state index in [9.17, 15) is 0 Å². The first kappa shape index (κ1) is 33.8. The Kier molecular flexibility index (Phi) is 15.7. The lowest BCUT2D eigenvalue weighted by Crippen LogP contribution is -2.08.